The van der Waals surface area contributed by atoms with Crippen molar-refractivity contribution in [3.8, 4) is 0 Å². The fourth-order valence-corrected chi connectivity index (χ4v) is 2.59. The summed E-state index contributed by atoms with van der Waals surface area (Å²) in [5, 5.41) is 10.1. The van der Waals surface area contributed by atoms with Crippen LogP contribution in [0.25, 0.3) is 0 Å². The van der Waals surface area contributed by atoms with Crippen LogP contribution in [0.4, 0.5) is 0 Å². The molecule has 1 aliphatic heterocycles. The average Bonchev–Trinajstić information content (AvgIpc) is 2.41. The van der Waals surface area contributed by atoms with Gasteiger partial charge in [0.05, 0.1) is 18.3 Å². The molecule has 1 saturated heterocycles. The molecule has 1 heterocycles. The van der Waals surface area contributed by atoms with Gasteiger partial charge < -0.3 is 14.6 Å². The Balaban J connectivity index is 2.40. The van der Waals surface area contributed by atoms with Crippen molar-refractivity contribution in [2.75, 3.05) is 13.7 Å². The molecule has 0 bridgehead atoms. The molecule has 15 heavy (non-hydrogen) atoms. The highest BCUT2D eigenvalue weighted by molar-refractivity contribution is 4.88. The van der Waals surface area contributed by atoms with Crippen molar-refractivity contribution in [3.63, 3.8) is 0 Å². The van der Waals surface area contributed by atoms with Gasteiger partial charge in [-0.1, -0.05) is 6.92 Å². The highest BCUT2D eigenvalue weighted by Crippen LogP contribution is 2.35. The average molecular weight is 216 g/mol. The number of aliphatic hydroxyl groups is 1. The lowest BCUT2D eigenvalue weighted by atomic mass is 9.83. The van der Waals surface area contributed by atoms with E-state index in [4.69, 9.17) is 9.47 Å². The van der Waals surface area contributed by atoms with Gasteiger partial charge in [0.25, 0.3) is 0 Å². The van der Waals surface area contributed by atoms with Gasteiger partial charge >= 0.3 is 0 Å². The fourth-order valence-electron chi connectivity index (χ4n) is 2.59. The molecular weight excluding hydrogens is 192 g/mol. The van der Waals surface area contributed by atoms with E-state index in [0.717, 1.165) is 19.4 Å². The van der Waals surface area contributed by atoms with E-state index in [9.17, 15) is 5.11 Å². The van der Waals surface area contributed by atoms with Gasteiger partial charge in [0.2, 0.25) is 0 Å². The first kappa shape index (κ1) is 12.9. The molecule has 1 aliphatic rings. The number of ether oxygens (including phenoxy) is 2. The third kappa shape index (κ3) is 3.16. The third-order valence-electron chi connectivity index (χ3n) is 3.61. The summed E-state index contributed by atoms with van der Waals surface area (Å²) in [5.74, 6) is 0.717. The molecule has 0 aromatic rings. The summed E-state index contributed by atoms with van der Waals surface area (Å²) in [4.78, 5) is 0. The van der Waals surface area contributed by atoms with Crippen LogP contribution in [0.2, 0.25) is 0 Å². The number of hydrogen-bond acceptors (Lipinski definition) is 3. The van der Waals surface area contributed by atoms with E-state index in [2.05, 4.69) is 20.8 Å². The molecule has 0 saturated carbocycles. The van der Waals surface area contributed by atoms with E-state index in [0.29, 0.717) is 5.92 Å². The Kier molecular flexibility index (Phi) is 5.03. The topological polar surface area (TPSA) is 38.7 Å². The summed E-state index contributed by atoms with van der Waals surface area (Å²) in [5.41, 5.74) is 0. The van der Waals surface area contributed by atoms with Crippen molar-refractivity contribution < 1.29 is 14.6 Å². The summed E-state index contributed by atoms with van der Waals surface area (Å²) in [6.45, 7) is 7.04. The first-order valence-electron chi connectivity index (χ1n) is 5.90. The molecule has 90 valence electrons. The van der Waals surface area contributed by atoms with Gasteiger partial charge in [-0.15, -0.1) is 0 Å². The lowest BCUT2D eigenvalue weighted by Gasteiger charge is -2.24. The van der Waals surface area contributed by atoms with Gasteiger partial charge in [0, 0.05) is 19.6 Å². The smallest absolute Gasteiger partial charge is 0.0607 e. The summed E-state index contributed by atoms with van der Waals surface area (Å²) in [6.07, 6.45) is 1.91. The van der Waals surface area contributed by atoms with Crippen LogP contribution < -0.4 is 0 Å². The molecular formula is C12H24O3. The highest BCUT2D eigenvalue weighted by Gasteiger charge is 2.40. The van der Waals surface area contributed by atoms with Crippen molar-refractivity contribution >= 4 is 0 Å². The number of rotatable bonds is 5. The van der Waals surface area contributed by atoms with Gasteiger partial charge in [-0.05, 0) is 32.6 Å². The summed E-state index contributed by atoms with van der Waals surface area (Å²) >= 11 is 0. The Morgan fingerprint density at radius 3 is 2.40 bits per heavy atom. The Hall–Kier alpha value is -0.120. The SMILES string of the molecule is COCCCC(O)C1C(C)OC(C)C1C. The number of methoxy groups -OCH3 is 1. The summed E-state index contributed by atoms with van der Waals surface area (Å²) in [7, 11) is 1.69. The Morgan fingerprint density at radius 1 is 1.27 bits per heavy atom. The minimum atomic E-state index is -0.255. The molecule has 0 aromatic carbocycles. The van der Waals surface area contributed by atoms with Gasteiger partial charge in [-0.3, -0.25) is 0 Å². The van der Waals surface area contributed by atoms with Crippen molar-refractivity contribution in [1.82, 2.24) is 0 Å². The third-order valence-corrected chi connectivity index (χ3v) is 3.61. The van der Waals surface area contributed by atoms with Crippen molar-refractivity contribution in [2.24, 2.45) is 11.8 Å². The van der Waals surface area contributed by atoms with Crippen LogP contribution in [0.3, 0.4) is 0 Å². The standard InChI is InChI=1S/C12H24O3/c1-8-9(2)15-10(3)12(8)11(13)6-5-7-14-4/h8-13H,5-7H2,1-4H3. The zero-order valence-electron chi connectivity index (χ0n) is 10.3. The van der Waals surface area contributed by atoms with Crippen LogP contribution in [-0.2, 0) is 9.47 Å². The van der Waals surface area contributed by atoms with E-state index >= 15 is 0 Å². The Labute approximate surface area is 92.8 Å². The lowest BCUT2D eigenvalue weighted by Crippen LogP contribution is -2.31. The van der Waals surface area contributed by atoms with E-state index in [1.165, 1.54) is 0 Å². The van der Waals surface area contributed by atoms with E-state index in [1.807, 2.05) is 0 Å². The molecule has 0 aromatic heterocycles. The number of aliphatic hydroxyl groups excluding tert-OH is 1. The molecule has 0 spiro atoms. The monoisotopic (exact) mass is 216 g/mol. The zero-order chi connectivity index (χ0) is 11.4. The molecule has 5 unspecified atom stereocenters. The largest absolute Gasteiger partial charge is 0.393 e. The second kappa shape index (κ2) is 5.83. The maximum Gasteiger partial charge on any atom is 0.0607 e. The van der Waals surface area contributed by atoms with Crippen LogP contribution in [0.1, 0.15) is 33.6 Å². The molecule has 1 rings (SSSR count). The molecule has 1 N–H and O–H groups in total. The second-order valence-corrected chi connectivity index (χ2v) is 4.69. The first-order valence-corrected chi connectivity index (χ1v) is 5.90. The van der Waals surface area contributed by atoms with Crippen molar-refractivity contribution in [1.29, 1.82) is 0 Å². The Bertz CT molecular complexity index is 184. The van der Waals surface area contributed by atoms with Gasteiger partial charge in [-0.2, -0.15) is 0 Å². The summed E-state index contributed by atoms with van der Waals surface area (Å²) in [6, 6.07) is 0. The van der Waals surface area contributed by atoms with Crippen molar-refractivity contribution in [2.45, 2.75) is 51.9 Å². The van der Waals surface area contributed by atoms with E-state index < -0.39 is 0 Å². The molecule has 3 heteroatoms. The maximum atomic E-state index is 10.1. The normalized spacial score (nSPS) is 38.2. The van der Waals surface area contributed by atoms with Crippen LogP contribution >= 0.6 is 0 Å². The quantitative estimate of drug-likeness (QED) is 0.713. The highest BCUT2D eigenvalue weighted by atomic mass is 16.5. The molecule has 1 fully saturated rings. The zero-order valence-corrected chi connectivity index (χ0v) is 10.3. The van der Waals surface area contributed by atoms with Crippen LogP contribution in [0, 0.1) is 11.8 Å². The van der Waals surface area contributed by atoms with Gasteiger partial charge in [0.1, 0.15) is 0 Å². The van der Waals surface area contributed by atoms with E-state index in [-0.39, 0.29) is 24.2 Å². The minimum Gasteiger partial charge on any atom is -0.393 e. The molecule has 3 nitrogen and oxygen atoms in total. The molecule has 0 amide bonds. The van der Waals surface area contributed by atoms with Gasteiger partial charge in [-0.25, -0.2) is 0 Å². The predicted octanol–water partition coefficient (Wildman–Crippen LogP) is 1.83. The van der Waals surface area contributed by atoms with Crippen LogP contribution in [-0.4, -0.2) is 37.1 Å². The predicted molar refractivity (Wildman–Crippen MR) is 59.8 cm³/mol. The van der Waals surface area contributed by atoms with Crippen molar-refractivity contribution in [3.05, 3.63) is 0 Å². The first-order chi connectivity index (χ1) is 7.07. The minimum absolute atomic E-state index is 0.174. The fraction of sp³-hybridized carbons (Fsp3) is 1.00. The number of hydrogen-bond donors (Lipinski definition) is 1. The molecule has 5 atom stereocenters. The van der Waals surface area contributed by atoms with Crippen LogP contribution in [0.15, 0.2) is 0 Å². The maximum absolute atomic E-state index is 10.1. The van der Waals surface area contributed by atoms with Crippen LogP contribution in [0.5, 0.6) is 0 Å². The molecule has 0 radical (unpaired) electrons. The second-order valence-electron chi connectivity index (χ2n) is 4.69. The summed E-state index contributed by atoms with van der Waals surface area (Å²) < 4.78 is 10.7. The Morgan fingerprint density at radius 2 is 1.93 bits per heavy atom. The van der Waals surface area contributed by atoms with Gasteiger partial charge in [0.15, 0.2) is 0 Å². The lowest BCUT2D eigenvalue weighted by molar-refractivity contribution is 0.0181. The van der Waals surface area contributed by atoms with E-state index in [1.54, 1.807) is 7.11 Å². The molecule has 0 aliphatic carbocycles.